The quantitative estimate of drug-likeness (QED) is 0.899. The fourth-order valence-electron chi connectivity index (χ4n) is 2.87. The van der Waals surface area contributed by atoms with Crippen LogP contribution in [0.4, 0.5) is 13.2 Å². The number of hydrogen-bond donors (Lipinski definition) is 1. The van der Waals surface area contributed by atoms with E-state index in [1.54, 1.807) is 0 Å². The summed E-state index contributed by atoms with van der Waals surface area (Å²) < 4.78 is 39.2. The number of halogens is 3. The number of hydrogen-bond acceptors (Lipinski definition) is 4. The van der Waals surface area contributed by atoms with E-state index in [1.165, 1.54) is 34.1 Å². The van der Waals surface area contributed by atoms with Crippen molar-refractivity contribution in [1.29, 1.82) is 0 Å². The van der Waals surface area contributed by atoms with Gasteiger partial charge in [0.15, 0.2) is 5.69 Å². The minimum absolute atomic E-state index is 0.0294. The van der Waals surface area contributed by atoms with Crippen LogP contribution in [0.1, 0.15) is 45.4 Å². The highest BCUT2D eigenvalue weighted by Gasteiger charge is 2.34. The van der Waals surface area contributed by atoms with Gasteiger partial charge in [0.05, 0.1) is 11.6 Å². The molecule has 26 heavy (non-hydrogen) atoms. The van der Waals surface area contributed by atoms with E-state index in [4.69, 9.17) is 5.11 Å². The average molecular weight is 368 g/mol. The number of nitrogens with zero attached hydrogens (tertiary/aromatic N) is 4. The number of carboxylic acid groups (broad SMARTS) is 1. The standard InChI is InChI=1S/C16H15F3N4O3/c17-16(18,19)13-4-8-23(21-13)11-2-6-22(7-3-11)14(24)12-9-10(15(25)26)1-5-20-12/h1,4-5,8-9,11H,2-3,6-7H2,(H,25,26). The van der Waals surface area contributed by atoms with E-state index < -0.39 is 23.7 Å². The van der Waals surface area contributed by atoms with E-state index >= 15 is 0 Å². The van der Waals surface area contributed by atoms with Gasteiger partial charge >= 0.3 is 12.1 Å². The molecule has 1 amide bonds. The summed E-state index contributed by atoms with van der Waals surface area (Å²) in [5, 5.41) is 12.6. The Morgan fingerprint density at radius 3 is 2.46 bits per heavy atom. The number of piperidine rings is 1. The van der Waals surface area contributed by atoms with Crippen LogP contribution in [0, 0.1) is 0 Å². The first-order chi connectivity index (χ1) is 12.3. The first-order valence-electron chi connectivity index (χ1n) is 7.86. The second-order valence-corrected chi connectivity index (χ2v) is 5.94. The van der Waals surface area contributed by atoms with Gasteiger partial charge in [-0.2, -0.15) is 18.3 Å². The molecule has 1 aliphatic heterocycles. The van der Waals surface area contributed by atoms with Crippen LogP contribution < -0.4 is 0 Å². The van der Waals surface area contributed by atoms with E-state index in [0.29, 0.717) is 25.9 Å². The molecule has 0 bridgehead atoms. The van der Waals surface area contributed by atoms with Crippen LogP contribution in [-0.4, -0.2) is 49.7 Å². The molecule has 1 saturated heterocycles. The van der Waals surface area contributed by atoms with Gasteiger partial charge in [-0.25, -0.2) is 4.79 Å². The molecule has 0 aromatic carbocycles. The van der Waals surface area contributed by atoms with Gasteiger partial charge in [0.25, 0.3) is 5.91 Å². The molecule has 10 heteroatoms. The fraction of sp³-hybridized carbons (Fsp3) is 0.375. The summed E-state index contributed by atoms with van der Waals surface area (Å²) in [4.78, 5) is 28.9. The number of rotatable bonds is 3. The number of likely N-dealkylation sites (tertiary alicyclic amines) is 1. The first-order valence-corrected chi connectivity index (χ1v) is 7.86. The van der Waals surface area contributed by atoms with Crippen LogP contribution >= 0.6 is 0 Å². The molecule has 0 spiro atoms. The molecular weight excluding hydrogens is 353 g/mol. The molecule has 0 atom stereocenters. The highest BCUT2D eigenvalue weighted by molar-refractivity contribution is 5.95. The number of aromatic carboxylic acids is 1. The van der Waals surface area contributed by atoms with Crippen LogP contribution in [-0.2, 0) is 6.18 Å². The number of carbonyl (C=O) groups excluding carboxylic acids is 1. The maximum Gasteiger partial charge on any atom is 0.435 e. The van der Waals surface area contributed by atoms with E-state index in [-0.39, 0.29) is 17.3 Å². The van der Waals surface area contributed by atoms with E-state index in [1.807, 2.05) is 0 Å². The van der Waals surface area contributed by atoms with Gasteiger partial charge in [0.2, 0.25) is 0 Å². The van der Waals surface area contributed by atoms with Crippen molar-refractivity contribution in [2.24, 2.45) is 0 Å². The number of carboxylic acids is 1. The number of amides is 1. The van der Waals surface area contributed by atoms with Crippen molar-refractivity contribution in [3.63, 3.8) is 0 Å². The highest BCUT2D eigenvalue weighted by atomic mass is 19.4. The maximum absolute atomic E-state index is 12.6. The van der Waals surface area contributed by atoms with E-state index in [2.05, 4.69) is 10.1 Å². The van der Waals surface area contributed by atoms with Gasteiger partial charge in [0, 0.05) is 25.5 Å². The average Bonchev–Trinajstić information content (AvgIpc) is 3.12. The Bertz CT molecular complexity index is 826. The molecule has 0 saturated carbocycles. The Morgan fingerprint density at radius 1 is 1.19 bits per heavy atom. The van der Waals surface area contributed by atoms with Gasteiger partial charge in [-0.1, -0.05) is 0 Å². The van der Waals surface area contributed by atoms with Crippen LogP contribution in [0.15, 0.2) is 30.6 Å². The van der Waals surface area contributed by atoms with Crippen LogP contribution in [0.3, 0.4) is 0 Å². The number of carbonyl (C=O) groups is 2. The third-order valence-electron chi connectivity index (χ3n) is 4.25. The molecule has 138 valence electrons. The smallest absolute Gasteiger partial charge is 0.435 e. The zero-order valence-electron chi connectivity index (χ0n) is 13.5. The predicted molar refractivity (Wildman–Crippen MR) is 82.6 cm³/mol. The van der Waals surface area contributed by atoms with Crippen molar-refractivity contribution in [1.82, 2.24) is 19.7 Å². The van der Waals surface area contributed by atoms with Gasteiger partial charge < -0.3 is 10.0 Å². The summed E-state index contributed by atoms with van der Waals surface area (Å²) in [5.74, 6) is -1.55. The SMILES string of the molecule is O=C(O)c1ccnc(C(=O)N2CCC(n3ccc(C(F)(F)F)n3)CC2)c1. The van der Waals surface area contributed by atoms with Gasteiger partial charge in [-0.05, 0) is 31.0 Å². The predicted octanol–water partition coefficient (Wildman–Crippen LogP) is 2.47. The fourth-order valence-corrected chi connectivity index (χ4v) is 2.87. The van der Waals surface area contributed by atoms with Crippen molar-refractivity contribution in [3.05, 3.63) is 47.5 Å². The Balaban J connectivity index is 1.65. The Morgan fingerprint density at radius 2 is 1.88 bits per heavy atom. The van der Waals surface area contributed by atoms with Gasteiger partial charge in [-0.15, -0.1) is 0 Å². The van der Waals surface area contributed by atoms with Crippen LogP contribution in [0.5, 0.6) is 0 Å². The second kappa shape index (κ2) is 6.77. The minimum atomic E-state index is -4.48. The van der Waals surface area contributed by atoms with E-state index in [9.17, 15) is 22.8 Å². The molecule has 7 nitrogen and oxygen atoms in total. The van der Waals surface area contributed by atoms with Crippen molar-refractivity contribution >= 4 is 11.9 Å². The molecule has 2 aromatic heterocycles. The number of alkyl halides is 3. The summed E-state index contributed by atoms with van der Waals surface area (Å²) in [6.45, 7) is 0.646. The molecule has 0 unspecified atom stereocenters. The first kappa shape index (κ1) is 17.9. The lowest BCUT2D eigenvalue weighted by Gasteiger charge is -2.32. The zero-order valence-corrected chi connectivity index (χ0v) is 13.5. The lowest BCUT2D eigenvalue weighted by Crippen LogP contribution is -2.39. The largest absolute Gasteiger partial charge is 0.478 e. The molecule has 0 radical (unpaired) electrons. The molecule has 1 aliphatic rings. The third-order valence-corrected chi connectivity index (χ3v) is 4.25. The highest BCUT2D eigenvalue weighted by Crippen LogP contribution is 2.29. The van der Waals surface area contributed by atoms with Crippen molar-refractivity contribution in [2.45, 2.75) is 25.1 Å². The molecule has 0 aliphatic carbocycles. The van der Waals surface area contributed by atoms with Gasteiger partial charge in [-0.3, -0.25) is 14.5 Å². The summed E-state index contributed by atoms with van der Waals surface area (Å²) in [6.07, 6.45) is -1.04. The minimum Gasteiger partial charge on any atom is -0.478 e. The number of pyridine rings is 1. The lowest BCUT2D eigenvalue weighted by molar-refractivity contribution is -0.141. The molecule has 1 fully saturated rings. The normalized spacial score (nSPS) is 15.9. The number of aromatic nitrogens is 3. The molecule has 3 heterocycles. The molecule has 3 rings (SSSR count). The Labute approximate surface area is 146 Å². The lowest BCUT2D eigenvalue weighted by atomic mass is 10.0. The second-order valence-electron chi connectivity index (χ2n) is 5.94. The van der Waals surface area contributed by atoms with Crippen molar-refractivity contribution < 1.29 is 27.9 Å². The Hall–Kier alpha value is -2.91. The third kappa shape index (κ3) is 3.68. The summed E-state index contributed by atoms with van der Waals surface area (Å²) in [6, 6.07) is 3.20. The monoisotopic (exact) mass is 368 g/mol. The summed E-state index contributed by atoms with van der Waals surface area (Å²) in [7, 11) is 0. The van der Waals surface area contributed by atoms with Crippen LogP contribution in [0.25, 0.3) is 0 Å². The maximum atomic E-state index is 12.6. The topological polar surface area (TPSA) is 88.3 Å². The summed E-state index contributed by atoms with van der Waals surface area (Å²) >= 11 is 0. The van der Waals surface area contributed by atoms with E-state index in [0.717, 1.165) is 6.07 Å². The molecular formula is C16H15F3N4O3. The van der Waals surface area contributed by atoms with Crippen LogP contribution in [0.2, 0.25) is 0 Å². The van der Waals surface area contributed by atoms with Crippen molar-refractivity contribution in [3.8, 4) is 0 Å². The zero-order chi connectivity index (χ0) is 18.9. The Kier molecular flexibility index (Phi) is 4.66. The summed E-state index contributed by atoms with van der Waals surface area (Å²) in [5.41, 5.74) is -0.943. The molecule has 2 aromatic rings. The molecule has 1 N–H and O–H groups in total. The van der Waals surface area contributed by atoms with Gasteiger partial charge in [0.1, 0.15) is 5.69 Å². The van der Waals surface area contributed by atoms with Crippen molar-refractivity contribution in [2.75, 3.05) is 13.1 Å².